The van der Waals surface area contributed by atoms with Crippen LogP contribution in [0.5, 0.6) is 0 Å². The van der Waals surface area contributed by atoms with Crippen LogP contribution >= 0.6 is 11.6 Å². The van der Waals surface area contributed by atoms with Gasteiger partial charge in [-0.2, -0.15) is 0 Å². The second kappa shape index (κ2) is 12.2. The number of alkyl halides is 1. The summed E-state index contributed by atoms with van der Waals surface area (Å²) in [6.07, 6.45) is 12.2. The van der Waals surface area contributed by atoms with E-state index in [1.54, 1.807) is 12.2 Å². The Morgan fingerprint density at radius 3 is 2.07 bits per heavy atom. The summed E-state index contributed by atoms with van der Waals surface area (Å²) in [7, 11) is 0. The van der Waals surface area contributed by atoms with E-state index in [1.807, 2.05) is 31.2 Å². The summed E-state index contributed by atoms with van der Waals surface area (Å²) in [4.78, 5) is -0.796. The summed E-state index contributed by atoms with van der Waals surface area (Å²) >= 11 is 7.26. The van der Waals surface area contributed by atoms with Gasteiger partial charge < -0.3 is 0 Å². The molecule has 1 unspecified atom stereocenters. The van der Waals surface area contributed by atoms with Gasteiger partial charge in [-0.1, -0.05) is 119 Å². The zero-order chi connectivity index (χ0) is 21.0. The molecule has 0 saturated carbocycles. The van der Waals surface area contributed by atoms with Crippen molar-refractivity contribution in [2.75, 3.05) is 0 Å². The summed E-state index contributed by atoms with van der Waals surface area (Å²) in [5.74, 6) is 0. The number of unbranched alkanes of at least 4 members (excludes halogenated alkanes) is 1. The smallest absolute Gasteiger partial charge is 0.104 e. The first-order chi connectivity index (χ1) is 13.5. The maximum Gasteiger partial charge on any atom is 0.120 e. The van der Waals surface area contributed by atoms with E-state index in [1.165, 1.54) is 12.8 Å². The van der Waals surface area contributed by atoms with Crippen LogP contribution in [0.15, 0.2) is 91.6 Å². The zero-order valence-corrected chi connectivity index (χ0v) is 18.5. The van der Waals surface area contributed by atoms with Crippen LogP contribution in [-0.2, 0) is 4.87 Å². The Balaban J connectivity index is 0.000000892. The second-order valence-corrected chi connectivity index (χ2v) is 7.22. The summed E-state index contributed by atoms with van der Waals surface area (Å²) in [6.45, 7) is 16.2. The summed E-state index contributed by atoms with van der Waals surface area (Å²) in [5, 5.41) is 0. The van der Waals surface area contributed by atoms with Gasteiger partial charge in [-0.15, -0.1) is 11.6 Å². The first-order valence-electron chi connectivity index (χ1n) is 9.93. The van der Waals surface area contributed by atoms with Gasteiger partial charge in [0.15, 0.2) is 0 Å². The van der Waals surface area contributed by atoms with Gasteiger partial charge in [0.2, 0.25) is 0 Å². The highest BCUT2D eigenvalue weighted by atomic mass is 35.5. The zero-order valence-electron chi connectivity index (χ0n) is 17.7. The van der Waals surface area contributed by atoms with Crippen molar-refractivity contribution in [1.29, 1.82) is 0 Å². The largest absolute Gasteiger partial charge is 0.120 e. The minimum atomic E-state index is -0.796. The van der Waals surface area contributed by atoms with E-state index >= 15 is 0 Å². The fourth-order valence-corrected chi connectivity index (χ4v) is 3.38. The molecule has 0 aliphatic rings. The van der Waals surface area contributed by atoms with E-state index < -0.39 is 4.87 Å². The summed E-state index contributed by atoms with van der Waals surface area (Å²) in [5.41, 5.74) is 5.27. The van der Waals surface area contributed by atoms with Crippen LogP contribution in [0.1, 0.15) is 55.9 Å². The van der Waals surface area contributed by atoms with Gasteiger partial charge >= 0.3 is 0 Å². The van der Waals surface area contributed by atoms with Crippen molar-refractivity contribution in [3.05, 3.63) is 114 Å². The fourth-order valence-electron chi connectivity index (χ4n) is 2.90. The maximum atomic E-state index is 7.26. The highest BCUT2D eigenvalue weighted by Crippen LogP contribution is 2.45. The molecular weight excluding hydrogens is 360 g/mol. The van der Waals surface area contributed by atoms with Crippen LogP contribution in [-0.4, -0.2) is 0 Å². The first-order valence-corrected chi connectivity index (χ1v) is 10.3. The molecule has 2 aromatic rings. The molecule has 0 aliphatic carbocycles. The van der Waals surface area contributed by atoms with Crippen molar-refractivity contribution >= 4 is 17.7 Å². The van der Waals surface area contributed by atoms with Gasteiger partial charge in [-0.25, -0.2) is 0 Å². The van der Waals surface area contributed by atoms with E-state index in [-0.39, 0.29) is 0 Å². The SMILES string of the molecule is C=C/C=C(\C=C)C(Cl)(c1ccc(/C=C/C)cc1)c1ccccc1C.CCCC. The lowest BCUT2D eigenvalue weighted by Crippen LogP contribution is -2.24. The normalized spacial score (nSPS) is 13.4. The minimum absolute atomic E-state index is 0.796. The van der Waals surface area contributed by atoms with Crippen molar-refractivity contribution in [2.24, 2.45) is 0 Å². The van der Waals surface area contributed by atoms with Crippen LogP contribution in [0.4, 0.5) is 0 Å². The van der Waals surface area contributed by atoms with E-state index in [0.717, 1.165) is 27.8 Å². The lowest BCUT2D eigenvalue weighted by molar-refractivity contribution is 0.868. The summed E-state index contributed by atoms with van der Waals surface area (Å²) < 4.78 is 0. The Kier molecular flexibility index (Phi) is 10.3. The molecule has 0 heterocycles. The van der Waals surface area contributed by atoms with Crippen molar-refractivity contribution < 1.29 is 0 Å². The second-order valence-electron chi connectivity index (χ2n) is 6.66. The van der Waals surface area contributed by atoms with Crippen LogP contribution in [0.3, 0.4) is 0 Å². The van der Waals surface area contributed by atoms with E-state index in [9.17, 15) is 0 Å². The highest BCUT2D eigenvalue weighted by Gasteiger charge is 2.35. The van der Waals surface area contributed by atoms with E-state index in [0.29, 0.717) is 0 Å². The van der Waals surface area contributed by atoms with E-state index in [4.69, 9.17) is 11.6 Å². The topological polar surface area (TPSA) is 0 Å². The molecule has 0 amide bonds. The predicted molar refractivity (Wildman–Crippen MR) is 128 cm³/mol. The molecule has 0 saturated heterocycles. The molecule has 28 heavy (non-hydrogen) atoms. The van der Waals surface area contributed by atoms with Crippen LogP contribution in [0.25, 0.3) is 6.08 Å². The molecule has 0 radical (unpaired) electrons. The maximum absolute atomic E-state index is 7.26. The number of aryl methyl sites for hydroxylation is 1. The number of hydrogen-bond donors (Lipinski definition) is 0. The van der Waals surface area contributed by atoms with Gasteiger partial charge in [-0.3, -0.25) is 0 Å². The van der Waals surface area contributed by atoms with Crippen molar-refractivity contribution in [1.82, 2.24) is 0 Å². The molecule has 0 aliphatic heterocycles. The lowest BCUT2D eigenvalue weighted by atomic mass is 9.81. The molecule has 1 atom stereocenters. The Bertz CT molecular complexity index is 806. The third-order valence-corrected chi connectivity index (χ3v) is 5.24. The molecule has 0 bridgehead atoms. The Morgan fingerprint density at radius 2 is 1.61 bits per heavy atom. The standard InChI is InChI=1S/C23H23Cl.C4H10/c1-5-10-19-14-16-21(17-15-19)23(24,20(7-3)11-6-2)22-13-9-8-12-18(22)4;1-3-4-2/h5-17H,2-3H2,1,4H3;3-4H2,1-2H3/b10-5+,20-11+;. The Labute approximate surface area is 177 Å². The quantitative estimate of drug-likeness (QED) is 0.326. The monoisotopic (exact) mass is 392 g/mol. The van der Waals surface area contributed by atoms with Gasteiger partial charge in [0.1, 0.15) is 4.87 Å². The molecule has 148 valence electrons. The number of benzene rings is 2. The first kappa shape index (κ1) is 23.7. The molecule has 0 aromatic heterocycles. The Hall–Kier alpha value is -2.31. The van der Waals surface area contributed by atoms with Gasteiger partial charge in [0.25, 0.3) is 0 Å². The van der Waals surface area contributed by atoms with Gasteiger partial charge in [0.05, 0.1) is 0 Å². The Morgan fingerprint density at radius 1 is 1.00 bits per heavy atom. The lowest BCUT2D eigenvalue weighted by Gasteiger charge is -2.31. The molecule has 0 fully saturated rings. The average Bonchev–Trinajstić information content (AvgIpc) is 2.72. The molecule has 1 heteroatoms. The third-order valence-electron chi connectivity index (χ3n) is 4.60. The molecule has 2 aromatic carbocycles. The van der Waals surface area contributed by atoms with Crippen molar-refractivity contribution in [3.63, 3.8) is 0 Å². The number of allylic oxidation sites excluding steroid dienone is 5. The minimum Gasteiger partial charge on any atom is -0.104 e. The molecular formula is C27H33Cl. The molecule has 2 rings (SSSR count). The number of rotatable bonds is 7. The molecule has 0 N–H and O–H groups in total. The number of hydrogen-bond acceptors (Lipinski definition) is 0. The molecule has 0 spiro atoms. The van der Waals surface area contributed by atoms with E-state index in [2.05, 4.69) is 76.4 Å². The van der Waals surface area contributed by atoms with Crippen LogP contribution in [0.2, 0.25) is 0 Å². The third kappa shape index (κ3) is 5.84. The average molecular weight is 393 g/mol. The molecule has 0 nitrogen and oxygen atoms in total. The predicted octanol–water partition coefficient (Wildman–Crippen LogP) is 8.62. The van der Waals surface area contributed by atoms with Crippen LogP contribution < -0.4 is 0 Å². The van der Waals surface area contributed by atoms with Crippen molar-refractivity contribution in [3.8, 4) is 0 Å². The summed E-state index contributed by atoms with van der Waals surface area (Å²) in [6, 6.07) is 16.5. The van der Waals surface area contributed by atoms with Gasteiger partial charge in [0, 0.05) is 0 Å². The van der Waals surface area contributed by atoms with Crippen molar-refractivity contribution in [2.45, 2.75) is 45.4 Å². The van der Waals surface area contributed by atoms with Crippen LogP contribution in [0, 0.1) is 6.92 Å². The fraction of sp³-hybridized carbons (Fsp3) is 0.259. The van der Waals surface area contributed by atoms with Gasteiger partial charge in [-0.05, 0) is 41.7 Å². The number of halogens is 1. The highest BCUT2D eigenvalue weighted by molar-refractivity contribution is 6.28.